The summed E-state index contributed by atoms with van der Waals surface area (Å²) in [5.74, 6) is 1.61. The van der Waals surface area contributed by atoms with Gasteiger partial charge in [0.15, 0.2) is 6.23 Å². The number of aromatic nitrogens is 4. The molecule has 1 aromatic carbocycles. The zero-order chi connectivity index (χ0) is 28.2. The molecule has 0 saturated carbocycles. The molecule has 1 unspecified atom stereocenters. The van der Waals surface area contributed by atoms with E-state index in [1.807, 2.05) is 15.5 Å². The first kappa shape index (κ1) is 26.1. The molecule has 12 heteroatoms. The lowest BCUT2D eigenvalue weighted by Gasteiger charge is -2.36. The highest BCUT2D eigenvalue weighted by molar-refractivity contribution is 5.85. The Morgan fingerprint density at radius 3 is 2.65 bits per heavy atom. The molecule has 0 aliphatic carbocycles. The lowest BCUT2D eigenvalue weighted by Crippen LogP contribution is -2.42. The molecule has 40 heavy (non-hydrogen) atoms. The van der Waals surface area contributed by atoms with Crippen LogP contribution < -0.4 is 11.1 Å². The van der Waals surface area contributed by atoms with Gasteiger partial charge in [0.05, 0.1) is 5.56 Å². The molecular formula is C28H28F3N7O2. The number of fused-ring (bicyclic) bond motifs is 2. The zero-order valence-corrected chi connectivity index (χ0v) is 21.6. The lowest BCUT2D eigenvalue weighted by molar-refractivity contribution is -0.137. The number of halogens is 3. The molecule has 2 saturated heterocycles. The smallest absolute Gasteiger partial charge is 0.382 e. The van der Waals surface area contributed by atoms with E-state index in [2.05, 4.69) is 22.2 Å². The van der Waals surface area contributed by atoms with Crippen molar-refractivity contribution in [2.24, 2.45) is 5.92 Å². The van der Waals surface area contributed by atoms with Crippen molar-refractivity contribution in [3.8, 4) is 11.3 Å². The number of carbonyl (C=O) groups excluding carboxylic acids is 1. The highest BCUT2D eigenvalue weighted by Gasteiger charge is 2.42. The summed E-state index contributed by atoms with van der Waals surface area (Å²) in [7, 11) is 0. The van der Waals surface area contributed by atoms with Crippen LogP contribution in [0.25, 0.3) is 16.8 Å². The van der Waals surface area contributed by atoms with Crippen molar-refractivity contribution in [3.05, 3.63) is 71.9 Å². The van der Waals surface area contributed by atoms with Gasteiger partial charge < -0.3 is 21.1 Å². The van der Waals surface area contributed by atoms with Crippen molar-refractivity contribution in [2.45, 2.75) is 50.6 Å². The average molecular weight is 552 g/mol. The molecule has 2 aliphatic rings. The molecule has 0 spiro atoms. The summed E-state index contributed by atoms with van der Waals surface area (Å²) in [6, 6.07) is 8.84. The highest BCUT2D eigenvalue weighted by atomic mass is 19.4. The molecule has 208 valence electrons. The number of benzene rings is 1. The number of anilines is 2. The number of piperidine rings is 1. The number of pyridine rings is 1. The number of hydrogen-bond donors (Lipinski definition) is 3. The van der Waals surface area contributed by atoms with Crippen molar-refractivity contribution >= 4 is 23.1 Å². The largest absolute Gasteiger partial charge is 0.416 e. The van der Waals surface area contributed by atoms with Crippen molar-refractivity contribution < 1.29 is 23.1 Å². The third-order valence-electron chi connectivity index (χ3n) is 7.95. The zero-order valence-electron chi connectivity index (χ0n) is 21.6. The third-order valence-corrected chi connectivity index (χ3v) is 7.95. The molecule has 4 aromatic rings. The van der Waals surface area contributed by atoms with Crippen molar-refractivity contribution in [1.29, 1.82) is 0 Å². The number of imidazole rings is 1. The van der Waals surface area contributed by atoms with Gasteiger partial charge in [-0.05, 0) is 30.9 Å². The van der Waals surface area contributed by atoms with E-state index >= 15 is 0 Å². The van der Waals surface area contributed by atoms with Crippen molar-refractivity contribution in [2.75, 3.05) is 17.6 Å². The van der Waals surface area contributed by atoms with E-state index in [1.54, 1.807) is 30.5 Å². The number of aliphatic hydroxyl groups excluding tert-OH is 1. The Bertz CT molecular complexity index is 1570. The van der Waals surface area contributed by atoms with E-state index in [0.29, 0.717) is 41.5 Å². The second-order valence-electron chi connectivity index (χ2n) is 10.5. The Morgan fingerprint density at radius 1 is 1.12 bits per heavy atom. The summed E-state index contributed by atoms with van der Waals surface area (Å²) in [6.07, 6.45) is 1.08. The van der Waals surface area contributed by atoms with Gasteiger partial charge in [-0.3, -0.25) is 9.20 Å². The fourth-order valence-electron chi connectivity index (χ4n) is 5.92. The molecule has 6 rings (SSSR count). The van der Waals surface area contributed by atoms with Crippen LogP contribution in [0.15, 0.2) is 55.0 Å². The average Bonchev–Trinajstić information content (AvgIpc) is 3.46. The van der Waals surface area contributed by atoms with Gasteiger partial charge in [0.25, 0.3) is 0 Å². The van der Waals surface area contributed by atoms with Gasteiger partial charge in [0.2, 0.25) is 5.91 Å². The van der Waals surface area contributed by atoms with E-state index < -0.39 is 18.0 Å². The molecular weight excluding hydrogens is 523 g/mol. The Balaban J connectivity index is 1.27. The molecule has 0 bridgehead atoms. The molecule has 3 aromatic heterocycles. The number of nitrogen functional groups attached to an aromatic ring is 1. The van der Waals surface area contributed by atoms with Gasteiger partial charge in [-0.2, -0.15) is 13.2 Å². The molecule has 1 amide bonds. The van der Waals surface area contributed by atoms with Crippen LogP contribution in [0.1, 0.15) is 55.3 Å². The van der Waals surface area contributed by atoms with Gasteiger partial charge in [-0.15, -0.1) is 0 Å². The summed E-state index contributed by atoms with van der Waals surface area (Å²) in [4.78, 5) is 27.7. The van der Waals surface area contributed by atoms with Crippen LogP contribution in [-0.2, 0) is 11.0 Å². The summed E-state index contributed by atoms with van der Waals surface area (Å²) in [5, 5.41) is 13.2. The maximum Gasteiger partial charge on any atom is 0.416 e. The Labute approximate surface area is 227 Å². The minimum Gasteiger partial charge on any atom is -0.382 e. The molecule has 9 nitrogen and oxygen atoms in total. The second kappa shape index (κ2) is 9.77. The van der Waals surface area contributed by atoms with Crippen LogP contribution in [0.5, 0.6) is 0 Å². The number of aliphatic hydroxyl groups is 1. The number of rotatable bonds is 5. The van der Waals surface area contributed by atoms with E-state index in [-0.39, 0.29) is 23.7 Å². The molecule has 5 heterocycles. The van der Waals surface area contributed by atoms with Gasteiger partial charge in [-0.25, -0.2) is 15.0 Å². The van der Waals surface area contributed by atoms with E-state index in [4.69, 9.17) is 10.7 Å². The number of nitrogens with two attached hydrogens (primary N) is 1. The van der Waals surface area contributed by atoms with Gasteiger partial charge >= 0.3 is 6.18 Å². The van der Waals surface area contributed by atoms with Gasteiger partial charge in [0, 0.05) is 54.6 Å². The maximum absolute atomic E-state index is 13.0. The fraction of sp³-hybridized carbons (Fsp3) is 0.357. The van der Waals surface area contributed by atoms with E-state index in [0.717, 1.165) is 42.6 Å². The van der Waals surface area contributed by atoms with E-state index in [9.17, 15) is 23.1 Å². The summed E-state index contributed by atoms with van der Waals surface area (Å²) in [6.45, 7) is 2.74. The van der Waals surface area contributed by atoms with Crippen LogP contribution in [-0.4, -0.2) is 47.9 Å². The van der Waals surface area contributed by atoms with E-state index in [1.165, 1.54) is 0 Å². The number of alkyl halides is 3. The summed E-state index contributed by atoms with van der Waals surface area (Å²) < 4.78 is 41.0. The van der Waals surface area contributed by atoms with Crippen LogP contribution in [0.2, 0.25) is 0 Å². The first-order valence-corrected chi connectivity index (χ1v) is 13.1. The number of nitrogens with one attached hydrogen (secondary N) is 1. The topological polar surface area (TPSA) is 122 Å². The fourth-order valence-corrected chi connectivity index (χ4v) is 5.92. The first-order valence-electron chi connectivity index (χ1n) is 13.1. The number of hydrogen-bond acceptors (Lipinski definition) is 7. The van der Waals surface area contributed by atoms with Gasteiger partial charge in [-0.1, -0.05) is 31.2 Å². The predicted octanol–water partition coefficient (Wildman–Crippen LogP) is 4.61. The summed E-state index contributed by atoms with van der Waals surface area (Å²) in [5.41, 5.74) is 7.87. The predicted molar refractivity (Wildman–Crippen MR) is 142 cm³/mol. The van der Waals surface area contributed by atoms with Crippen LogP contribution >= 0.6 is 0 Å². The minimum absolute atomic E-state index is 0.0406. The number of nitrogens with zero attached hydrogens (tertiary/aromatic N) is 5. The molecule has 4 atom stereocenters. The van der Waals surface area contributed by atoms with Crippen molar-refractivity contribution in [3.63, 3.8) is 0 Å². The Kier molecular flexibility index (Phi) is 6.37. The van der Waals surface area contributed by atoms with Crippen molar-refractivity contribution in [1.82, 2.24) is 24.3 Å². The molecule has 2 aliphatic heterocycles. The quantitative estimate of drug-likeness (QED) is 0.310. The van der Waals surface area contributed by atoms with Gasteiger partial charge in [0.1, 0.15) is 28.7 Å². The SMILES string of the molecule is C[C@@H]1CC(=O)N2C[C@H](c3nc(-c4ccc(C(O)Nc5cc(C(F)(F)F)ccn5)cc4)c4c(N)nccn34)CC[C@H]12. The van der Waals surface area contributed by atoms with Crippen LogP contribution in [0.4, 0.5) is 24.8 Å². The highest BCUT2D eigenvalue weighted by Crippen LogP contribution is 2.40. The monoisotopic (exact) mass is 551 g/mol. The number of amides is 1. The first-order chi connectivity index (χ1) is 19.1. The normalized spacial score (nSPS) is 22.0. The van der Waals surface area contributed by atoms with Crippen LogP contribution in [0.3, 0.4) is 0 Å². The Morgan fingerprint density at radius 2 is 1.90 bits per heavy atom. The minimum atomic E-state index is -4.52. The lowest BCUT2D eigenvalue weighted by atomic mass is 9.89. The molecule has 0 radical (unpaired) electrons. The number of carbonyl (C=O) groups is 1. The maximum atomic E-state index is 13.0. The second-order valence-corrected chi connectivity index (χ2v) is 10.5. The third kappa shape index (κ3) is 4.61. The molecule has 2 fully saturated rings. The molecule has 4 N–H and O–H groups in total. The Hall–Kier alpha value is -4.19. The standard InChI is InChI=1S/C28H28F3N7O2/c1-15-12-22(39)38-14-18(6-7-20(15)38)26-36-23(24-25(32)34-10-11-37(24)26)16-2-4-17(5-3-16)27(40)35-21-13-19(8-9-33-21)28(29,30)31/h2-5,8-11,13,15,18,20,27,40H,6-7,12,14H2,1H3,(H2,32,34)(H,33,35)/t15-,18-,20-,27?/m1/s1. The van der Waals surface area contributed by atoms with Crippen LogP contribution in [0, 0.1) is 5.92 Å². The summed E-state index contributed by atoms with van der Waals surface area (Å²) >= 11 is 0.